The topological polar surface area (TPSA) is 102 Å². The Bertz CT molecular complexity index is 1010. The van der Waals surface area contributed by atoms with E-state index in [9.17, 15) is 14.4 Å². The lowest BCUT2D eigenvalue weighted by atomic mass is 9.98. The van der Waals surface area contributed by atoms with E-state index in [1.807, 2.05) is 24.3 Å². The van der Waals surface area contributed by atoms with Crippen molar-refractivity contribution in [3.05, 3.63) is 36.0 Å². The van der Waals surface area contributed by atoms with Crippen LogP contribution in [0.15, 0.2) is 34.9 Å². The van der Waals surface area contributed by atoms with Gasteiger partial charge in [0.15, 0.2) is 11.5 Å². The Morgan fingerprint density at radius 2 is 1.94 bits per heavy atom. The largest absolute Gasteiger partial charge is 0.497 e. The SMILES string of the molecule is CCOC(=O)[C@@H]1CCCN(C(=O)CCN(C(=O)c2cc(-c3ccc(OC)cc3)on2)C2CC2)C1. The van der Waals surface area contributed by atoms with Gasteiger partial charge in [0.1, 0.15) is 5.75 Å². The minimum atomic E-state index is -0.273. The van der Waals surface area contributed by atoms with E-state index < -0.39 is 0 Å². The highest BCUT2D eigenvalue weighted by molar-refractivity contribution is 5.94. The highest BCUT2D eigenvalue weighted by Crippen LogP contribution is 2.30. The van der Waals surface area contributed by atoms with Crippen molar-refractivity contribution in [3.63, 3.8) is 0 Å². The summed E-state index contributed by atoms with van der Waals surface area (Å²) in [6.45, 7) is 3.43. The molecule has 0 spiro atoms. The molecular formula is C25H31N3O6. The number of carbonyl (C=O) groups is 3. The first-order valence-electron chi connectivity index (χ1n) is 11.9. The molecular weight excluding hydrogens is 438 g/mol. The molecule has 1 saturated heterocycles. The summed E-state index contributed by atoms with van der Waals surface area (Å²) < 4.78 is 15.7. The van der Waals surface area contributed by atoms with Gasteiger partial charge in [0.05, 0.1) is 19.6 Å². The summed E-state index contributed by atoms with van der Waals surface area (Å²) >= 11 is 0. The van der Waals surface area contributed by atoms with Crippen molar-refractivity contribution in [2.45, 2.75) is 45.1 Å². The second kappa shape index (κ2) is 10.7. The molecule has 1 aliphatic heterocycles. The van der Waals surface area contributed by atoms with Crippen LogP contribution in [0.1, 0.15) is 49.5 Å². The average Bonchev–Trinajstić information content (AvgIpc) is 3.58. The molecule has 182 valence electrons. The van der Waals surface area contributed by atoms with Crippen molar-refractivity contribution in [2.75, 3.05) is 33.4 Å². The Balaban J connectivity index is 1.36. The van der Waals surface area contributed by atoms with Crippen molar-refractivity contribution in [2.24, 2.45) is 5.92 Å². The highest BCUT2D eigenvalue weighted by Gasteiger charge is 2.35. The molecule has 1 aliphatic carbocycles. The zero-order valence-electron chi connectivity index (χ0n) is 19.7. The van der Waals surface area contributed by atoms with Crippen LogP contribution in [-0.4, -0.2) is 72.1 Å². The van der Waals surface area contributed by atoms with Gasteiger partial charge in [-0.05, 0) is 56.9 Å². The maximum atomic E-state index is 13.2. The number of aromatic nitrogens is 1. The molecule has 2 aliphatic rings. The van der Waals surface area contributed by atoms with Crippen molar-refractivity contribution in [1.29, 1.82) is 0 Å². The Hall–Kier alpha value is -3.36. The molecule has 0 N–H and O–H groups in total. The fourth-order valence-corrected chi connectivity index (χ4v) is 4.28. The van der Waals surface area contributed by atoms with Gasteiger partial charge in [-0.2, -0.15) is 0 Å². The third-order valence-electron chi connectivity index (χ3n) is 6.31. The molecule has 9 heteroatoms. The number of likely N-dealkylation sites (tertiary alicyclic amines) is 1. The van der Waals surface area contributed by atoms with E-state index in [0.717, 1.165) is 37.0 Å². The second-order valence-corrected chi connectivity index (χ2v) is 8.72. The molecule has 1 aromatic carbocycles. The normalized spacial score (nSPS) is 17.8. The van der Waals surface area contributed by atoms with Gasteiger partial charge >= 0.3 is 5.97 Å². The fraction of sp³-hybridized carbons (Fsp3) is 0.520. The van der Waals surface area contributed by atoms with Gasteiger partial charge in [0.2, 0.25) is 5.91 Å². The molecule has 1 aromatic heterocycles. The highest BCUT2D eigenvalue weighted by atomic mass is 16.5. The van der Waals surface area contributed by atoms with Crippen LogP contribution < -0.4 is 4.74 Å². The summed E-state index contributed by atoms with van der Waals surface area (Å²) in [6.07, 6.45) is 3.54. The molecule has 1 saturated carbocycles. The van der Waals surface area contributed by atoms with Crippen molar-refractivity contribution in [3.8, 4) is 17.1 Å². The first-order chi connectivity index (χ1) is 16.5. The first-order valence-corrected chi connectivity index (χ1v) is 11.9. The summed E-state index contributed by atoms with van der Waals surface area (Å²) in [5, 5.41) is 3.99. The number of hydrogen-bond acceptors (Lipinski definition) is 7. The monoisotopic (exact) mass is 469 g/mol. The molecule has 4 rings (SSSR count). The maximum Gasteiger partial charge on any atom is 0.310 e. The Morgan fingerprint density at radius 1 is 1.18 bits per heavy atom. The van der Waals surface area contributed by atoms with Crippen LogP contribution in [0.25, 0.3) is 11.3 Å². The van der Waals surface area contributed by atoms with E-state index in [1.54, 1.807) is 29.9 Å². The number of hydrogen-bond donors (Lipinski definition) is 0. The molecule has 2 heterocycles. The lowest BCUT2D eigenvalue weighted by Crippen LogP contribution is -2.44. The number of rotatable bonds is 9. The summed E-state index contributed by atoms with van der Waals surface area (Å²) in [7, 11) is 1.60. The fourth-order valence-electron chi connectivity index (χ4n) is 4.28. The van der Waals surface area contributed by atoms with Crippen LogP contribution in [-0.2, 0) is 14.3 Å². The maximum absolute atomic E-state index is 13.2. The van der Waals surface area contributed by atoms with Crippen molar-refractivity contribution < 1.29 is 28.4 Å². The van der Waals surface area contributed by atoms with Gasteiger partial charge in [0.25, 0.3) is 5.91 Å². The third-order valence-corrected chi connectivity index (χ3v) is 6.31. The van der Waals surface area contributed by atoms with Crippen LogP contribution >= 0.6 is 0 Å². The minimum Gasteiger partial charge on any atom is -0.497 e. The zero-order chi connectivity index (χ0) is 24.1. The Labute approximate surface area is 199 Å². The van der Waals surface area contributed by atoms with Crippen LogP contribution in [0.3, 0.4) is 0 Å². The molecule has 0 radical (unpaired) electrons. The molecule has 9 nitrogen and oxygen atoms in total. The van der Waals surface area contributed by atoms with E-state index in [-0.39, 0.29) is 41.9 Å². The molecule has 2 fully saturated rings. The number of benzene rings is 1. The molecule has 2 aromatic rings. The van der Waals surface area contributed by atoms with Gasteiger partial charge in [0, 0.05) is 43.7 Å². The van der Waals surface area contributed by atoms with Crippen LogP contribution in [0, 0.1) is 5.92 Å². The minimum absolute atomic E-state index is 0.0495. The van der Waals surface area contributed by atoms with E-state index in [0.29, 0.717) is 32.0 Å². The predicted octanol–water partition coefficient (Wildman–Crippen LogP) is 3.15. The number of nitrogens with zero attached hydrogens (tertiary/aromatic N) is 3. The van der Waals surface area contributed by atoms with E-state index in [2.05, 4.69) is 5.16 Å². The van der Waals surface area contributed by atoms with Gasteiger partial charge in [-0.25, -0.2) is 0 Å². The summed E-state index contributed by atoms with van der Waals surface area (Å²) in [6, 6.07) is 9.06. The molecule has 1 atom stereocenters. The smallest absolute Gasteiger partial charge is 0.310 e. The average molecular weight is 470 g/mol. The van der Waals surface area contributed by atoms with Crippen molar-refractivity contribution >= 4 is 17.8 Å². The first kappa shape index (κ1) is 23.8. The molecule has 34 heavy (non-hydrogen) atoms. The summed E-state index contributed by atoms with van der Waals surface area (Å²) in [5.74, 6) is 0.426. The van der Waals surface area contributed by atoms with Gasteiger partial charge in [-0.1, -0.05) is 5.16 Å². The van der Waals surface area contributed by atoms with E-state index in [1.165, 1.54) is 0 Å². The summed E-state index contributed by atoms with van der Waals surface area (Å²) in [4.78, 5) is 41.6. The van der Waals surface area contributed by atoms with Gasteiger partial charge < -0.3 is 23.8 Å². The van der Waals surface area contributed by atoms with Gasteiger partial charge in [-0.3, -0.25) is 14.4 Å². The lowest BCUT2D eigenvalue weighted by molar-refractivity contribution is -0.151. The van der Waals surface area contributed by atoms with E-state index >= 15 is 0 Å². The lowest BCUT2D eigenvalue weighted by Gasteiger charge is -2.32. The van der Waals surface area contributed by atoms with Crippen LogP contribution in [0.5, 0.6) is 5.75 Å². The van der Waals surface area contributed by atoms with Crippen LogP contribution in [0.4, 0.5) is 0 Å². The number of esters is 1. The molecule has 0 unspecified atom stereocenters. The van der Waals surface area contributed by atoms with Crippen LogP contribution in [0.2, 0.25) is 0 Å². The number of carbonyl (C=O) groups excluding carboxylic acids is 3. The number of methoxy groups -OCH3 is 1. The standard InChI is InChI=1S/C25H31N3O6/c1-3-33-25(31)18-5-4-13-27(16-18)23(29)12-14-28(19-8-9-19)24(30)21-15-22(34-26-21)17-6-10-20(32-2)11-7-17/h6-7,10-11,15,18-19H,3-5,8-9,12-14,16H2,1-2H3/t18-/m1/s1. The summed E-state index contributed by atoms with van der Waals surface area (Å²) in [5.41, 5.74) is 1.02. The second-order valence-electron chi connectivity index (χ2n) is 8.72. The van der Waals surface area contributed by atoms with Crippen molar-refractivity contribution in [1.82, 2.24) is 15.0 Å². The third kappa shape index (κ3) is 5.58. The Morgan fingerprint density at radius 3 is 2.62 bits per heavy atom. The number of ether oxygens (including phenoxy) is 2. The molecule has 0 bridgehead atoms. The van der Waals surface area contributed by atoms with Gasteiger partial charge in [-0.15, -0.1) is 0 Å². The Kier molecular flexibility index (Phi) is 7.49. The van der Waals surface area contributed by atoms with E-state index in [4.69, 9.17) is 14.0 Å². The zero-order valence-corrected chi connectivity index (χ0v) is 19.7. The number of piperidine rings is 1. The quantitative estimate of drug-likeness (QED) is 0.520. The molecule has 2 amide bonds. The number of amides is 2. The predicted molar refractivity (Wildman–Crippen MR) is 123 cm³/mol.